The van der Waals surface area contributed by atoms with Crippen molar-refractivity contribution in [3.8, 4) is 0 Å². The second-order valence-electron chi connectivity index (χ2n) is 5.29. The van der Waals surface area contributed by atoms with Crippen LogP contribution in [0.2, 0.25) is 0 Å². The Bertz CT molecular complexity index is 756. The van der Waals surface area contributed by atoms with Crippen LogP contribution in [0.4, 0.5) is 5.69 Å². The quantitative estimate of drug-likeness (QED) is 0.778. The third-order valence-electron chi connectivity index (χ3n) is 3.70. The molecule has 24 heavy (non-hydrogen) atoms. The summed E-state index contributed by atoms with van der Waals surface area (Å²) in [5, 5.41) is 0.527. The number of imide groups is 1. The Labute approximate surface area is 138 Å². The van der Waals surface area contributed by atoms with E-state index in [4.69, 9.17) is 4.84 Å². The molecule has 7 heteroatoms. The summed E-state index contributed by atoms with van der Waals surface area (Å²) in [6, 6.07) is 9.99. The molecule has 122 valence electrons. The Kier molecular flexibility index (Phi) is 4.24. The highest BCUT2D eigenvalue weighted by molar-refractivity contribution is 6.20. The lowest BCUT2D eigenvalue weighted by Gasteiger charge is -2.19. The monoisotopic (exact) mass is 325 g/mol. The van der Waals surface area contributed by atoms with Gasteiger partial charge in [0.15, 0.2) is 0 Å². The molecule has 7 nitrogen and oxygen atoms in total. The molecule has 2 heterocycles. The number of carbonyl (C=O) groups is 3. The summed E-state index contributed by atoms with van der Waals surface area (Å²) in [7, 11) is 1.82. The molecule has 0 saturated heterocycles. The van der Waals surface area contributed by atoms with Crippen molar-refractivity contribution < 1.29 is 19.2 Å². The first-order chi connectivity index (χ1) is 11.6. The van der Waals surface area contributed by atoms with Gasteiger partial charge in [0.1, 0.15) is 0 Å². The fourth-order valence-electron chi connectivity index (χ4n) is 2.38. The van der Waals surface area contributed by atoms with Crippen LogP contribution in [0, 0.1) is 0 Å². The van der Waals surface area contributed by atoms with E-state index in [1.165, 1.54) is 12.1 Å². The van der Waals surface area contributed by atoms with Crippen LogP contribution >= 0.6 is 0 Å². The van der Waals surface area contributed by atoms with Crippen LogP contribution < -0.4 is 4.90 Å². The van der Waals surface area contributed by atoms with E-state index in [2.05, 4.69) is 4.98 Å². The number of benzene rings is 1. The summed E-state index contributed by atoms with van der Waals surface area (Å²) in [5.74, 6) is -1.89. The van der Waals surface area contributed by atoms with E-state index in [1.54, 1.807) is 24.5 Å². The number of aromatic nitrogens is 1. The lowest BCUT2D eigenvalue weighted by molar-refractivity contribution is -0.168. The second-order valence-corrected chi connectivity index (χ2v) is 5.29. The molecule has 1 aliphatic heterocycles. The van der Waals surface area contributed by atoms with Gasteiger partial charge in [-0.15, -0.1) is 0 Å². The van der Waals surface area contributed by atoms with Crippen molar-refractivity contribution in [3.63, 3.8) is 0 Å². The number of hydroxylamine groups is 2. The van der Waals surface area contributed by atoms with E-state index in [1.807, 2.05) is 24.1 Å². The molecule has 2 aromatic rings. The fourth-order valence-corrected chi connectivity index (χ4v) is 2.38. The zero-order valence-electron chi connectivity index (χ0n) is 13.0. The Hall–Kier alpha value is -3.22. The first kappa shape index (κ1) is 15.7. The highest BCUT2D eigenvalue weighted by Crippen LogP contribution is 2.22. The SMILES string of the molecule is CN(CCC(=O)ON1C(=O)c2ccccc2C1=O)c1ccncc1. The normalized spacial score (nSPS) is 13.0. The van der Waals surface area contributed by atoms with Crippen molar-refractivity contribution in [3.05, 3.63) is 59.9 Å². The maximum atomic E-state index is 12.1. The van der Waals surface area contributed by atoms with Crippen molar-refractivity contribution in [1.29, 1.82) is 0 Å². The molecule has 1 aromatic carbocycles. The number of hydrogen-bond acceptors (Lipinski definition) is 6. The summed E-state index contributed by atoms with van der Waals surface area (Å²) in [6.45, 7) is 0.381. The van der Waals surface area contributed by atoms with Gasteiger partial charge in [-0.1, -0.05) is 17.2 Å². The number of anilines is 1. The van der Waals surface area contributed by atoms with Gasteiger partial charge in [0.25, 0.3) is 11.8 Å². The van der Waals surface area contributed by atoms with Crippen LogP contribution in [0.25, 0.3) is 0 Å². The number of nitrogens with zero attached hydrogens (tertiary/aromatic N) is 3. The summed E-state index contributed by atoms with van der Waals surface area (Å²) in [6.07, 6.45) is 3.35. The molecule has 3 rings (SSSR count). The summed E-state index contributed by atoms with van der Waals surface area (Å²) in [5.41, 5.74) is 1.38. The Balaban J connectivity index is 1.58. The largest absolute Gasteiger partial charge is 0.374 e. The van der Waals surface area contributed by atoms with Crippen molar-refractivity contribution in [2.45, 2.75) is 6.42 Å². The summed E-state index contributed by atoms with van der Waals surface area (Å²) >= 11 is 0. The smallest absolute Gasteiger partial charge is 0.335 e. The van der Waals surface area contributed by atoms with Crippen LogP contribution in [-0.4, -0.2) is 41.4 Å². The minimum Gasteiger partial charge on any atom is -0.374 e. The third kappa shape index (κ3) is 2.96. The Morgan fingerprint density at radius 1 is 1.08 bits per heavy atom. The molecule has 1 aliphatic rings. The summed E-state index contributed by atoms with van der Waals surface area (Å²) in [4.78, 5) is 46.9. The van der Waals surface area contributed by atoms with Crippen molar-refractivity contribution in [1.82, 2.24) is 10.0 Å². The molecular formula is C17H15N3O4. The van der Waals surface area contributed by atoms with Crippen LogP contribution in [0.3, 0.4) is 0 Å². The highest BCUT2D eigenvalue weighted by Gasteiger charge is 2.38. The highest BCUT2D eigenvalue weighted by atomic mass is 16.7. The molecule has 2 amide bonds. The number of pyridine rings is 1. The molecule has 0 radical (unpaired) electrons. The van der Waals surface area contributed by atoms with Crippen molar-refractivity contribution in [2.75, 3.05) is 18.5 Å². The minimum atomic E-state index is -0.648. The van der Waals surface area contributed by atoms with Gasteiger partial charge in [0, 0.05) is 31.7 Å². The third-order valence-corrected chi connectivity index (χ3v) is 3.70. The van der Waals surface area contributed by atoms with Crippen LogP contribution in [0.1, 0.15) is 27.1 Å². The van der Waals surface area contributed by atoms with Gasteiger partial charge < -0.3 is 9.74 Å². The van der Waals surface area contributed by atoms with Gasteiger partial charge in [-0.3, -0.25) is 14.6 Å². The predicted octanol–water partition coefficient (Wildman–Crippen LogP) is 1.66. The number of carbonyl (C=O) groups excluding carboxylic acids is 3. The summed E-state index contributed by atoms with van der Waals surface area (Å²) < 4.78 is 0. The van der Waals surface area contributed by atoms with E-state index >= 15 is 0 Å². The second kappa shape index (κ2) is 6.49. The van der Waals surface area contributed by atoms with Crippen molar-refractivity contribution >= 4 is 23.5 Å². The molecule has 0 unspecified atom stereocenters. The standard InChI is InChI=1S/C17H15N3O4/c1-19(12-6-9-18-10-7-12)11-8-15(21)24-20-16(22)13-4-2-3-5-14(13)17(20)23/h2-7,9-10H,8,11H2,1H3. The number of rotatable bonds is 5. The van der Waals surface area contributed by atoms with E-state index < -0.39 is 17.8 Å². The fraction of sp³-hybridized carbons (Fsp3) is 0.176. The molecular weight excluding hydrogens is 310 g/mol. The van der Waals surface area contributed by atoms with Gasteiger partial charge in [-0.2, -0.15) is 0 Å². The predicted molar refractivity (Wildman–Crippen MR) is 85.2 cm³/mol. The molecule has 0 atom stereocenters. The molecule has 0 saturated carbocycles. The first-order valence-corrected chi connectivity index (χ1v) is 7.37. The van der Waals surface area contributed by atoms with E-state index in [9.17, 15) is 14.4 Å². The average molecular weight is 325 g/mol. The zero-order chi connectivity index (χ0) is 17.1. The average Bonchev–Trinajstić information content (AvgIpc) is 2.86. The first-order valence-electron chi connectivity index (χ1n) is 7.37. The Morgan fingerprint density at radius 3 is 2.25 bits per heavy atom. The number of fused-ring (bicyclic) bond motifs is 1. The lowest BCUT2D eigenvalue weighted by atomic mass is 10.1. The van der Waals surface area contributed by atoms with Crippen molar-refractivity contribution in [2.24, 2.45) is 0 Å². The van der Waals surface area contributed by atoms with Gasteiger partial charge in [-0.05, 0) is 24.3 Å². The zero-order valence-corrected chi connectivity index (χ0v) is 13.0. The maximum absolute atomic E-state index is 12.1. The van der Waals surface area contributed by atoms with Gasteiger partial charge in [0.2, 0.25) is 0 Å². The number of hydrogen-bond donors (Lipinski definition) is 0. The van der Waals surface area contributed by atoms with Gasteiger partial charge in [-0.25, -0.2) is 4.79 Å². The molecule has 0 fully saturated rings. The van der Waals surface area contributed by atoms with Crippen LogP contribution in [0.5, 0.6) is 0 Å². The van der Waals surface area contributed by atoms with Crippen LogP contribution in [-0.2, 0) is 9.63 Å². The molecule has 0 N–H and O–H groups in total. The van der Waals surface area contributed by atoms with Gasteiger partial charge >= 0.3 is 5.97 Å². The molecule has 0 bridgehead atoms. The van der Waals surface area contributed by atoms with E-state index in [0.717, 1.165) is 5.69 Å². The van der Waals surface area contributed by atoms with Gasteiger partial charge in [0.05, 0.1) is 17.5 Å². The molecule has 0 spiro atoms. The van der Waals surface area contributed by atoms with Crippen LogP contribution in [0.15, 0.2) is 48.8 Å². The van der Waals surface area contributed by atoms with E-state index in [-0.39, 0.29) is 17.5 Å². The molecule has 0 aliphatic carbocycles. The minimum absolute atomic E-state index is 0.0340. The number of amides is 2. The Morgan fingerprint density at radius 2 is 1.67 bits per heavy atom. The maximum Gasteiger partial charge on any atom is 0.335 e. The topological polar surface area (TPSA) is 79.8 Å². The van der Waals surface area contributed by atoms with E-state index in [0.29, 0.717) is 11.6 Å². The lowest BCUT2D eigenvalue weighted by Crippen LogP contribution is -2.33. The molecule has 1 aromatic heterocycles.